The van der Waals surface area contributed by atoms with Crippen LogP contribution in [0.15, 0.2) is 22.6 Å². The molecule has 4 nitrogen and oxygen atoms in total. The minimum atomic E-state index is -0.303. The maximum atomic E-state index is 5.86. The summed E-state index contributed by atoms with van der Waals surface area (Å²) < 4.78 is 10.5. The monoisotopic (exact) mass is 220 g/mol. The van der Waals surface area contributed by atoms with Crippen LogP contribution in [0.25, 0.3) is 11.1 Å². The van der Waals surface area contributed by atoms with E-state index in [-0.39, 0.29) is 6.04 Å². The van der Waals surface area contributed by atoms with E-state index in [1.165, 1.54) is 5.56 Å². The van der Waals surface area contributed by atoms with Gasteiger partial charge in [-0.25, -0.2) is 4.98 Å². The Morgan fingerprint density at radius 2 is 2.31 bits per heavy atom. The Balaban J connectivity index is 2.35. The van der Waals surface area contributed by atoms with Crippen LogP contribution in [-0.4, -0.2) is 18.7 Å². The van der Waals surface area contributed by atoms with Gasteiger partial charge in [0.05, 0.1) is 6.61 Å². The molecule has 0 fully saturated rings. The molecule has 86 valence electrons. The Hall–Kier alpha value is -1.39. The van der Waals surface area contributed by atoms with Gasteiger partial charge in [0.2, 0.25) is 5.89 Å². The second-order valence-electron chi connectivity index (χ2n) is 3.77. The molecule has 0 saturated heterocycles. The van der Waals surface area contributed by atoms with Crippen LogP contribution in [0.1, 0.15) is 24.4 Å². The lowest BCUT2D eigenvalue weighted by Crippen LogP contribution is -2.16. The SMILES string of the molecule is CCc1ccc2oc(C(N)COC)nc2c1. The quantitative estimate of drug-likeness (QED) is 0.856. The normalized spacial score (nSPS) is 13.2. The van der Waals surface area contributed by atoms with Gasteiger partial charge in [0, 0.05) is 7.11 Å². The predicted molar refractivity (Wildman–Crippen MR) is 62.2 cm³/mol. The third-order valence-electron chi connectivity index (χ3n) is 2.54. The van der Waals surface area contributed by atoms with Crippen LogP contribution in [0.4, 0.5) is 0 Å². The Morgan fingerprint density at radius 1 is 1.50 bits per heavy atom. The van der Waals surface area contributed by atoms with E-state index in [0.717, 1.165) is 17.5 Å². The summed E-state index contributed by atoms with van der Waals surface area (Å²) in [4.78, 5) is 4.37. The van der Waals surface area contributed by atoms with Gasteiger partial charge in [-0.1, -0.05) is 13.0 Å². The Kier molecular flexibility index (Phi) is 3.22. The van der Waals surface area contributed by atoms with Crippen LogP contribution in [0.2, 0.25) is 0 Å². The Morgan fingerprint density at radius 3 is 3.00 bits per heavy atom. The minimum absolute atomic E-state index is 0.303. The highest BCUT2D eigenvalue weighted by molar-refractivity contribution is 5.73. The van der Waals surface area contributed by atoms with Crippen LogP contribution >= 0.6 is 0 Å². The van der Waals surface area contributed by atoms with Crippen molar-refractivity contribution >= 4 is 11.1 Å². The molecule has 4 heteroatoms. The maximum Gasteiger partial charge on any atom is 0.214 e. The molecule has 0 aliphatic carbocycles. The molecule has 1 unspecified atom stereocenters. The molecule has 0 spiro atoms. The molecule has 0 amide bonds. The van der Waals surface area contributed by atoms with Crippen LogP contribution in [-0.2, 0) is 11.2 Å². The number of oxazole rings is 1. The van der Waals surface area contributed by atoms with Gasteiger partial charge in [0.1, 0.15) is 11.6 Å². The number of hydrogen-bond donors (Lipinski definition) is 1. The fourth-order valence-electron chi connectivity index (χ4n) is 1.62. The lowest BCUT2D eigenvalue weighted by atomic mass is 10.1. The molecule has 0 aliphatic rings. The zero-order valence-electron chi connectivity index (χ0n) is 9.56. The summed E-state index contributed by atoms with van der Waals surface area (Å²) in [5.41, 5.74) is 8.74. The van der Waals surface area contributed by atoms with Gasteiger partial charge < -0.3 is 14.9 Å². The van der Waals surface area contributed by atoms with E-state index in [0.29, 0.717) is 12.5 Å². The maximum absolute atomic E-state index is 5.86. The number of aryl methyl sites for hydroxylation is 1. The summed E-state index contributed by atoms with van der Waals surface area (Å²) in [5.74, 6) is 0.533. The molecule has 0 aliphatic heterocycles. The van der Waals surface area contributed by atoms with Gasteiger partial charge in [0.15, 0.2) is 5.58 Å². The van der Waals surface area contributed by atoms with Gasteiger partial charge in [0.25, 0.3) is 0 Å². The van der Waals surface area contributed by atoms with Crippen molar-refractivity contribution in [2.45, 2.75) is 19.4 Å². The molecule has 0 bridgehead atoms. The molecule has 1 heterocycles. The third-order valence-corrected chi connectivity index (χ3v) is 2.54. The van der Waals surface area contributed by atoms with Crippen molar-refractivity contribution < 1.29 is 9.15 Å². The second-order valence-corrected chi connectivity index (χ2v) is 3.77. The van der Waals surface area contributed by atoms with Crippen LogP contribution in [0.5, 0.6) is 0 Å². The molecule has 0 radical (unpaired) electrons. The first-order chi connectivity index (χ1) is 7.74. The smallest absolute Gasteiger partial charge is 0.214 e. The molecule has 0 saturated carbocycles. The largest absolute Gasteiger partial charge is 0.439 e. The van der Waals surface area contributed by atoms with E-state index in [1.54, 1.807) is 7.11 Å². The lowest BCUT2D eigenvalue weighted by molar-refractivity contribution is 0.171. The number of nitrogens with two attached hydrogens (primary N) is 1. The average molecular weight is 220 g/mol. The molecule has 16 heavy (non-hydrogen) atoms. The van der Waals surface area contributed by atoms with E-state index < -0.39 is 0 Å². The van der Waals surface area contributed by atoms with Crippen molar-refractivity contribution in [1.82, 2.24) is 4.98 Å². The third kappa shape index (κ3) is 2.08. The summed E-state index contributed by atoms with van der Waals surface area (Å²) in [5, 5.41) is 0. The Labute approximate surface area is 94.4 Å². The Bertz CT molecular complexity index is 479. The molecular weight excluding hydrogens is 204 g/mol. The number of nitrogens with zero attached hydrogens (tertiary/aromatic N) is 1. The number of hydrogen-bond acceptors (Lipinski definition) is 4. The van der Waals surface area contributed by atoms with Gasteiger partial charge in [-0.2, -0.15) is 0 Å². The number of fused-ring (bicyclic) bond motifs is 1. The van der Waals surface area contributed by atoms with E-state index in [9.17, 15) is 0 Å². The minimum Gasteiger partial charge on any atom is -0.439 e. The molecule has 2 rings (SSSR count). The van der Waals surface area contributed by atoms with E-state index in [2.05, 4.69) is 11.9 Å². The first-order valence-electron chi connectivity index (χ1n) is 5.38. The second kappa shape index (κ2) is 4.63. The predicted octanol–water partition coefficient (Wildman–Crippen LogP) is 2.04. The lowest BCUT2D eigenvalue weighted by Gasteiger charge is -2.03. The molecule has 1 aromatic carbocycles. The van der Waals surface area contributed by atoms with Crippen LogP contribution in [0.3, 0.4) is 0 Å². The van der Waals surface area contributed by atoms with Crippen LogP contribution < -0.4 is 5.73 Å². The summed E-state index contributed by atoms with van der Waals surface area (Å²) in [6.45, 7) is 2.52. The van der Waals surface area contributed by atoms with Crippen molar-refractivity contribution in [1.29, 1.82) is 0 Å². The summed E-state index contributed by atoms with van der Waals surface area (Å²) >= 11 is 0. The fraction of sp³-hybridized carbons (Fsp3) is 0.417. The van der Waals surface area contributed by atoms with E-state index in [4.69, 9.17) is 14.9 Å². The molecular formula is C12H16N2O2. The highest BCUT2D eigenvalue weighted by atomic mass is 16.5. The number of ether oxygens (including phenoxy) is 1. The molecule has 2 aromatic rings. The van der Waals surface area contributed by atoms with Crippen molar-refractivity contribution in [2.24, 2.45) is 5.73 Å². The first kappa shape index (κ1) is 11.1. The number of benzene rings is 1. The summed E-state index contributed by atoms with van der Waals surface area (Å²) in [6.07, 6.45) is 0.988. The summed E-state index contributed by atoms with van der Waals surface area (Å²) in [7, 11) is 1.61. The van der Waals surface area contributed by atoms with Crippen LogP contribution in [0, 0.1) is 0 Å². The van der Waals surface area contributed by atoms with Gasteiger partial charge >= 0.3 is 0 Å². The fourth-order valence-corrected chi connectivity index (χ4v) is 1.62. The number of rotatable bonds is 4. The standard InChI is InChI=1S/C12H16N2O2/c1-3-8-4-5-11-10(6-8)14-12(16-11)9(13)7-15-2/h4-6,9H,3,7,13H2,1-2H3. The van der Waals surface area contributed by atoms with Crippen molar-refractivity contribution in [3.05, 3.63) is 29.7 Å². The zero-order chi connectivity index (χ0) is 11.5. The van der Waals surface area contributed by atoms with Gasteiger partial charge in [-0.05, 0) is 24.1 Å². The summed E-state index contributed by atoms with van der Waals surface area (Å²) in [6, 6.07) is 5.70. The van der Waals surface area contributed by atoms with E-state index in [1.807, 2.05) is 18.2 Å². The van der Waals surface area contributed by atoms with Crippen molar-refractivity contribution in [3.63, 3.8) is 0 Å². The topological polar surface area (TPSA) is 61.3 Å². The first-order valence-corrected chi connectivity index (χ1v) is 5.38. The van der Waals surface area contributed by atoms with E-state index >= 15 is 0 Å². The zero-order valence-corrected chi connectivity index (χ0v) is 9.56. The van der Waals surface area contributed by atoms with Crippen molar-refractivity contribution in [2.75, 3.05) is 13.7 Å². The molecule has 2 N–H and O–H groups in total. The number of methoxy groups -OCH3 is 1. The highest BCUT2D eigenvalue weighted by Gasteiger charge is 2.13. The average Bonchev–Trinajstić information content (AvgIpc) is 2.71. The van der Waals surface area contributed by atoms with Gasteiger partial charge in [-0.15, -0.1) is 0 Å². The molecule has 1 aromatic heterocycles. The molecule has 1 atom stereocenters. The number of aromatic nitrogens is 1. The highest BCUT2D eigenvalue weighted by Crippen LogP contribution is 2.20. The van der Waals surface area contributed by atoms with Gasteiger partial charge in [-0.3, -0.25) is 0 Å². The van der Waals surface area contributed by atoms with Crippen molar-refractivity contribution in [3.8, 4) is 0 Å².